The van der Waals surface area contributed by atoms with Crippen molar-refractivity contribution in [3.8, 4) is 0 Å². The zero-order valence-corrected chi connectivity index (χ0v) is 11.9. The second-order valence-electron chi connectivity index (χ2n) is 5.90. The molecule has 1 saturated heterocycles. The van der Waals surface area contributed by atoms with Crippen LogP contribution >= 0.6 is 0 Å². The molecule has 18 heavy (non-hydrogen) atoms. The number of hydrogen-bond donors (Lipinski definition) is 1. The van der Waals surface area contributed by atoms with E-state index in [1.807, 2.05) is 13.1 Å². The normalized spacial score (nSPS) is 25.4. The molecule has 1 aliphatic rings. The molecule has 1 aromatic heterocycles. The highest BCUT2D eigenvalue weighted by Gasteiger charge is 2.37. The van der Waals surface area contributed by atoms with E-state index < -0.39 is 0 Å². The molecule has 0 aromatic carbocycles. The van der Waals surface area contributed by atoms with Crippen molar-refractivity contribution in [1.29, 1.82) is 0 Å². The fraction of sp³-hybridized carbons (Fsp3) is 0.714. The third kappa shape index (κ3) is 2.94. The number of hydrogen-bond acceptors (Lipinski definition) is 4. The summed E-state index contributed by atoms with van der Waals surface area (Å²) in [6.45, 7) is 8.70. The van der Waals surface area contributed by atoms with Crippen LogP contribution in [0.5, 0.6) is 0 Å². The van der Waals surface area contributed by atoms with E-state index in [1.54, 1.807) is 6.26 Å². The molecule has 4 heteroatoms. The number of likely N-dealkylation sites (N-methyl/N-ethyl adjacent to an activating group) is 2. The molecule has 0 bridgehead atoms. The lowest BCUT2D eigenvalue weighted by atomic mass is 9.95. The lowest BCUT2D eigenvalue weighted by Crippen LogP contribution is -2.63. The Morgan fingerprint density at radius 3 is 2.89 bits per heavy atom. The van der Waals surface area contributed by atoms with Crippen LogP contribution in [0.15, 0.2) is 22.8 Å². The lowest BCUT2D eigenvalue weighted by molar-refractivity contribution is -0.0131. The molecular weight excluding hydrogens is 226 g/mol. The number of piperazine rings is 1. The zero-order chi connectivity index (χ0) is 13.2. The maximum absolute atomic E-state index is 5.48. The summed E-state index contributed by atoms with van der Waals surface area (Å²) < 4.78 is 5.48. The Balaban J connectivity index is 2.06. The van der Waals surface area contributed by atoms with Crippen LogP contribution in [0.2, 0.25) is 0 Å². The molecule has 102 valence electrons. The Morgan fingerprint density at radius 1 is 1.50 bits per heavy atom. The second-order valence-corrected chi connectivity index (χ2v) is 5.90. The van der Waals surface area contributed by atoms with Gasteiger partial charge in [0.15, 0.2) is 0 Å². The van der Waals surface area contributed by atoms with Gasteiger partial charge in [0.1, 0.15) is 5.76 Å². The van der Waals surface area contributed by atoms with E-state index in [4.69, 9.17) is 4.42 Å². The minimum atomic E-state index is 0.186. The van der Waals surface area contributed by atoms with Gasteiger partial charge >= 0.3 is 0 Å². The summed E-state index contributed by atoms with van der Waals surface area (Å²) in [6, 6.07) is 4.59. The quantitative estimate of drug-likeness (QED) is 0.876. The third-order valence-electron chi connectivity index (χ3n) is 3.91. The average Bonchev–Trinajstić information content (AvgIpc) is 2.77. The topological polar surface area (TPSA) is 31.6 Å². The van der Waals surface area contributed by atoms with Crippen LogP contribution in [0.4, 0.5) is 0 Å². The van der Waals surface area contributed by atoms with Crippen molar-refractivity contribution in [2.45, 2.75) is 32.0 Å². The summed E-state index contributed by atoms with van der Waals surface area (Å²) in [5, 5.41) is 3.28. The van der Waals surface area contributed by atoms with Gasteiger partial charge in [0.05, 0.1) is 12.8 Å². The number of nitrogens with one attached hydrogen (secondary N) is 1. The highest BCUT2D eigenvalue weighted by Crippen LogP contribution is 2.25. The standard InChI is InChI=1S/C14H25N3O/c1-14(2)11-16(4)12(8-15-3)9-17(14)10-13-6-5-7-18-13/h5-7,12,15H,8-11H2,1-4H3. The van der Waals surface area contributed by atoms with E-state index in [9.17, 15) is 0 Å². The molecule has 4 nitrogen and oxygen atoms in total. The van der Waals surface area contributed by atoms with Gasteiger partial charge in [-0.1, -0.05) is 0 Å². The Bertz CT molecular complexity index is 361. The van der Waals surface area contributed by atoms with Crippen molar-refractivity contribution in [2.75, 3.05) is 33.7 Å². The van der Waals surface area contributed by atoms with E-state index in [1.165, 1.54) is 0 Å². The summed E-state index contributed by atoms with van der Waals surface area (Å²) >= 11 is 0. The lowest BCUT2D eigenvalue weighted by Gasteiger charge is -2.49. The van der Waals surface area contributed by atoms with Crippen LogP contribution < -0.4 is 5.32 Å². The summed E-state index contributed by atoms with van der Waals surface area (Å²) in [5.41, 5.74) is 0.186. The Hall–Kier alpha value is -0.840. The van der Waals surface area contributed by atoms with Gasteiger partial charge in [0, 0.05) is 31.2 Å². The van der Waals surface area contributed by atoms with Gasteiger partial charge in [-0.05, 0) is 40.1 Å². The summed E-state index contributed by atoms with van der Waals surface area (Å²) in [7, 11) is 4.23. The monoisotopic (exact) mass is 251 g/mol. The number of nitrogens with zero attached hydrogens (tertiary/aromatic N) is 2. The number of furan rings is 1. The van der Waals surface area contributed by atoms with Crippen molar-refractivity contribution in [3.05, 3.63) is 24.2 Å². The molecule has 1 aliphatic heterocycles. The minimum Gasteiger partial charge on any atom is -0.468 e. The predicted octanol–water partition coefficient (Wildman–Crippen LogP) is 1.39. The average molecular weight is 251 g/mol. The fourth-order valence-electron chi connectivity index (χ4n) is 2.81. The van der Waals surface area contributed by atoms with E-state index in [0.717, 1.165) is 31.9 Å². The van der Waals surface area contributed by atoms with Gasteiger partial charge in [-0.15, -0.1) is 0 Å². The molecular formula is C14H25N3O. The first-order chi connectivity index (χ1) is 8.53. The molecule has 1 fully saturated rings. The molecule has 1 atom stereocenters. The minimum absolute atomic E-state index is 0.186. The van der Waals surface area contributed by atoms with Crippen LogP contribution in [-0.4, -0.2) is 55.1 Å². The van der Waals surface area contributed by atoms with Crippen molar-refractivity contribution in [3.63, 3.8) is 0 Å². The van der Waals surface area contributed by atoms with Gasteiger partial charge in [-0.2, -0.15) is 0 Å². The van der Waals surface area contributed by atoms with E-state index in [-0.39, 0.29) is 5.54 Å². The first-order valence-corrected chi connectivity index (χ1v) is 6.65. The maximum atomic E-state index is 5.48. The van der Waals surface area contributed by atoms with E-state index in [2.05, 4.69) is 42.1 Å². The Labute approximate surface area is 110 Å². The first-order valence-electron chi connectivity index (χ1n) is 6.65. The molecule has 0 aliphatic carbocycles. The molecule has 1 aromatic rings. The van der Waals surface area contributed by atoms with E-state index in [0.29, 0.717) is 6.04 Å². The molecule has 0 radical (unpaired) electrons. The highest BCUT2D eigenvalue weighted by molar-refractivity contribution is 5.02. The largest absolute Gasteiger partial charge is 0.468 e. The van der Waals surface area contributed by atoms with Crippen molar-refractivity contribution >= 4 is 0 Å². The van der Waals surface area contributed by atoms with Crippen molar-refractivity contribution < 1.29 is 4.42 Å². The van der Waals surface area contributed by atoms with Crippen molar-refractivity contribution in [2.24, 2.45) is 0 Å². The summed E-state index contributed by atoms with van der Waals surface area (Å²) in [4.78, 5) is 4.98. The molecule has 0 spiro atoms. The van der Waals surface area contributed by atoms with Crippen LogP contribution in [0.1, 0.15) is 19.6 Å². The molecule has 2 rings (SSSR count). The van der Waals surface area contributed by atoms with Gasteiger partial charge in [0.2, 0.25) is 0 Å². The molecule has 1 N–H and O–H groups in total. The predicted molar refractivity (Wildman–Crippen MR) is 73.5 cm³/mol. The molecule has 1 unspecified atom stereocenters. The van der Waals surface area contributed by atoms with Crippen LogP contribution in [0, 0.1) is 0 Å². The zero-order valence-electron chi connectivity index (χ0n) is 11.9. The smallest absolute Gasteiger partial charge is 0.117 e. The summed E-state index contributed by atoms with van der Waals surface area (Å²) in [6.07, 6.45) is 1.75. The highest BCUT2D eigenvalue weighted by atomic mass is 16.3. The van der Waals surface area contributed by atoms with Gasteiger partial charge < -0.3 is 9.73 Å². The third-order valence-corrected chi connectivity index (χ3v) is 3.91. The fourth-order valence-corrected chi connectivity index (χ4v) is 2.81. The van der Waals surface area contributed by atoms with Gasteiger partial charge in [-0.3, -0.25) is 9.80 Å². The van der Waals surface area contributed by atoms with Crippen LogP contribution in [0.25, 0.3) is 0 Å². The first kappa shape index (κ1) is 13.6. The molecule has 0 saturated carbocycles. The second kappa shape index (κ2) is 5.43. The number of rotatable bonds is 4. The van der Waals surface area contributed by atoms with Gasteiger partial charge in [0.25, 0.3) is 0 Å². The summed E-state index contributed by atoms with van der Waals surface area (Å²) in [5.74, 6) is 1.05. The SMILES string of the molecule is CNCC1CN(Cc2ccco2)C(C)(C)CN1C. The Morgan fingerprint density at radius 2 is 2.28 bits per heavy atom. The van der Waals surface area contributed by atoms with Crippen LogP contribution in [0.3, 0.4) is 0 Å². The Kier molecular flexibility index (Phi) is 4.10. The van der Waals surface area contributed by atoms with Crippen molar-refractivity contribution in [1.82, 2.24) is 15.1 Å². The molecule has 0 amide bonds. The maximum Gasteiger partial charge on any atom is 0.117 e. The van der Waals surface area contributed by atoms with Gasteiger partial charge in [-0.25, -0.2) is 0 Å². The van der Waals surface area contributed by atoms with Crippen LogP contribution in [-0.2, 0) is 6.54 Å². The van der Waals surface area contributed by atoms with E-state index >= 15 is 0 Å². The molecule has 2 heterocycles.